The molecule has 0 spiro atoms. The summed E-state index contributed by atoms with van der Waals surface area (Å²) in [5.41, 5.74) is 1.83. The zero-order valence-electron chi connectivity index (χ0n) is 16.1. The minimum absolute atomic E-state index is 0.0268. The first-order valence-corrected chi connectivity index (χ1v) is 11.0. The number of nitrogens with one attached hydrogen (secondary N) is 1. The second-order valence-electron chi connectivity index (χ2n) is 6.74. The molecule has 0 saturated heterocycles. The molecule has 0 atom stereocenters. The zero-order chi connectivity index (χ0) is 20.1. The van der Waals surface area contributed by atoms with Crippen molar-refractivity contribution in [3.05, 3.63) is 82.1 Å². The molecule has 2 aromatic carbocycles. The van der Waals surface area contributed by atoms with Crippen molar-refractivity contribution in [3.63, 3.8) is 0 Å². The minimum atomic E-state index is -3.54. The van der Waals surface area contributed by atoms with Crippen LogP contribution >= 0.6 is 0 Å². The van der Waals surface area contributed by atoms with Crippen LogP contribution < -0.4 is 10.3 Å². The van der Waals surface area contributed by atoms with Gasteiger partial charge in [0.1, 0.15) is 5.82 Å². The molecule has 0 aliphatic rings. The van der Waals surface area contributed by atoms with Gasteiger partial charge in [0.2, 0.25) is 10.0 Å². The molecule has 0 bridgehead atoms. The number of rotatable bonds is 8. The van der Waals surface area contributed by atoms with Gasteiger partial charge in [-0.15, -0.1) is 0 Å². The first-order valence-electron chi connectivity index (χ1n) is 9.33. The molecular weight excluding hydrogens is 374 g/mol. The molecule has 0 saturated carbocycles. The summed E-state index contributed by atoms with van der Waals surface area (Å²) < 4.78 is 30.8. The number of hydrogen-bond donors (Lipinski definition) is 1. The molecule has 0 aliphatic heterocycles. The zero-order valence-corrected chi connectivity index (χ0v) is 16.9. The molecule has 0 unspecified atom stereocenters. The van der Waals surface area contributed by atoms with Gasteiger partial charge in [0.25, 0.3) is 5.56 Å². The molecular formula is C21H25N3O3S. The molecule has 3 rings (SSSR count). The Kier molecular flexibility index (Phi) is 6.04. The molecule has 7 heteroatoms. The van der Waals surface area contributed by atoms with E-state index in [1.165, 1.54) is 4.68 Å². The Balaban J connectivity index is 2.11. The van der Waals surface area contributed by atoms with E-state index in [9.17, 15) is 13.2 Å². The van der Waals surface area contributed by atoms with Crippen LogP contribution in [0, 0.1) is 0 Å². The maximum absolute atomic E-state index is 13.2. The third-order valence-electron chi connectivity index (χ3n) is 4.60. The lowest BCUT2D eigenvalue weighted by molar-refractivity contribution is 0.595. The van der Waals surface area contributed by atoms with Gasteiger partial charge in [0.05, 0.1) is 17.0 Å². The van der Waals surface area contributed by atoms with E-state index in [2.05, 4.69) is 4.72 Å². The predicted octanol–water partition coefficient (Wildman–Crippen LogP) is 3.31. The molecule has 6 nitrogen and oxygen atoms in total. The van der Waals surface area contributed by atoms with Crippen molar-refractivity contribution in [2.45, 2.75) is 26.2 Å². The Hall–Kier alpha value is -2.80. The number of para-hydroxylation sites is 1. The second kappa shape index (κ2) is 8.48. The highest BCUT2D eigenvalue weighted by atomic mass is 32.2. The molecule has 1 aromatic heterocycles. The van der Waals surface area contributed by atoms with E-state index in [0.29, 0.717) is 29.9 Å². The molecule has 1 heterocycles. The fourth-order valence-electron chi connectivity index (χ4n) is 3.14. The third kappa shape index (κ3) is 4.36. The van der Waals surface area contributed by atoms with Crippen LogP contribution in [0.1, 0.15) is 30.9 Å². The van der Waals surface area contributed by atoms with Crippen molar-refractivity contribution < 1.29 is 8.42 Å². The average Bonchev–Trinajstić information content (AvgIpc) is 2.91. The minimum Gasteiger partial charge on any atom is -0.267 e. The lowest BCUT2D eigenvalue weighted by Crippen LogP contribution is -2.21. The van der Waals surface area contributed by atoms with Gasteiger partial charge in [-0.3, -0.25) is 14.2 Å². The number of aromatic nitrogens is 2. The topological polar surface area (TPSA) is 73.1 Å². The fraction of sp³-hybridized carbons (Fsp3) is 0.286. The summed E-state index contributed by atoms with van der Waals surface area (Å²) in [5.74, 6) is 0.340. The summed E-state index contributed by atoms with van der Waals surface area (Å²) in [6, 6.07) is 18.8. The molecule has 0 fully saturated rings. The van der Waals surface area contributed by atoms with Gasteiger partial charge in [0, 0.05) is 13.5 Å². The van der Waals surface area contributed by atoms with Crippen molar-refractivity contribution >= 4 is 15.8 Å². The Morgan fingerprint density at radius 3 is 2.18 bits per heavy atom. The fourth-order valence-corrected chi connectivity index (χ4v) is 4.46. The van der Waals surface area contributed by atoms with Gasteiger partial charge in [-0.2, -0.15) is 0 Å². The number of sulfonamides is 1. The van der Waals surface area contributed by atoms with E-state index in [1.807, 2.05) is 67.6 Å². The van der Waals surface area contributed by atoms with Gasteiger partial charge in [-0.25, -0.2) is 13.1 Å². The lowest BCUT2D eigenvalue weighted by atomic mass is 10.1. The van der Waals surface area contributed by atoms with E-state index in [1.54, 1.807) is 11.7 Å². The van der Waals surface area contributed by atoms with E-state index >= 15 is 0 Å². The number of benzene rings is 2. The summed E-state index contributed by atoms with van der Waals surface area (Å²) in [7, 11) is -1.85. The highest BCUT2D eigenvalue weighted by Gasteiger charge is 2.23. The molecule has 3 aromatic rings. The van der Waals surface area contributed by atoms with Gasteiger partial charge in [0.15, 0.2) is 0 Å². The van der Waals surface area contributed by atoms with Crippen LogP contribution in [-0.2, 0) is 23.5 Å². The molecule has 0 radical (unpaired) electrons. The maximum atomic E-state index is 13.2. The summed E-state index contributed by atoms with van der Waals surface area (Å²) in [6.45, 7) is 1.94. The Morgan fingerprint density at radius 2 is 1.57 bits per heavy atom. The van der Waals surface area contributed by atoms with Crippen molar-refractivity contribution in [2.24, 2.45) is 7.05 Å². The Bertz CT molecular complexity index is 1090. The number of anilines is 1. The quantitative estimate of drug-likeness (QED) is 0.632. The number of nitrogens with zero attached hydrogens (tertiary/aromatic N) is 2. The van der Waals surface area contributed by atoms with Crippen LogP contribution in [-0.4, -0.2) is 23.5 Å². The summed E-state index contributed by atoms with van der Waals surface area (Å²) in [5, 5.41) is 0. The first-order chi connectivity index (χ1) is 13.4. The van der Waals surface area contributed by atoms with Crippen molar-refractivity contribution in [1.82, 2.24) is 9.36 Å². The van der Waals surface area contributed by atoms with E-state index in [4.69, 9.17) is 0 Å². The highest BCUT2D eigenvalue weighted by molar-refractivity contribution is 7.92. The van der Waals surface area contributed by atoms with Crippen LogP contribution in [0.15, 0.2) is 65.5 Å². The summed E-state index contributed by atoms with van der Waals surface area (Å²) in [6.07, 6.45) is 1.69. The third-order valence-corrected chi connectivity index (χ3v) is 5.93. The van der Waals surface area contributed by atoms with Crippen LogP contribution in [0.2, 0.25) is 0 Å². The first kappa shape index (κ1) is 19.9. The van der Waals surface area contributed by atoms with Crippen molar-refractivity contribution in [1.29, 1.82) is 0 Å². The molecule has 0 aliphatic carbocycles. The smallest absolute Gasteiger partial charge is 0.267 e. The van der Waals surface area contributed by atoms with Gasteiger partial charge in [-0.05, 0) is 24.1 Å². The summed E-state index contributed by atoms with van der Waals surface area (Å²) >= 11 is 0. The van der Waals surface area contributed by atoms with Gasteiger partial charge in [-0.1, -0.05) is 61.9 Å². The van der Waals surface area contributed by atoms with Crippen LogP contribution in [0.25, 0.3) is 5.69 Å². The average molecular weight is 400 g/mol. The predicted molar refractivity (Wildman–Crippen MR) is 113 cm³/mol. The number of hydrogen-bond acceptors (Lipinski definition) is 3. The molecule has 1 N–H and O–H groups in total. The standard InChI is InChI=1S/C21H25N3O3S/c1-3-4-15-28(26,27)22-20-19(16-17-11-7-5-8-12-17)21(25)24(23(20)2)18-13-9-6-10-14-18/h5-14,22H,3-4,15-16H2,1-2H3. The monoisotopic (exact) mass is 399 g/mol. The van der Waals surface area contributed by atoms with Gasteiger partial charge < -0.3 is 0 Å². The van der Waals surface area contributed by atoms with E-state index in [-0.39, 0.29) is 11.3 Å². The van der Waals surface area contributed by atoms with E-state index < -0.39 is 10.0 Å². The van der Waals surface area contributed by atoms with Crippen molar-refractivity contribution in [2.75, 3.05) is 10.5 Å². The van der Waals surface area contributed by atoms with Gasteiger partial charge >= 0.3 is 0 Å². The molecule has 0 amide bonds. The molecule has 28 heavy (non-hydrogen) atoms. The van der Waals surface area contributed by atoms with Crippen LogP contribution in [0.5, 0.6) is 0 Å². The maximum Gasteiger partial charge on any atom is 0.277 e. The Labute approximate surface area is 165 Å². The molecule has 148 valence electrons. The number of unbranched alkanes of at least 4 members (excludes halogenated alkanes) is 1. The summed E-state index contributed by atoms with van der Waals surface area (Å²) in [4.78, 5) is 13.2. The van der Waals surface area contributed by atoms with Crippen LogP contribution in [0.3, 0.4) is 0 Å². The normalized spacial score (nSPS) is 11.5. The lowest BCUT2D eigenvalue weighted by Gasteiger charge is -2.12. The van der Waals surface area contributed by atoms with E-state index in [0.717, 1.165) is 12.0 Å². The second-order valence-corrected chi connectivity index (χ2v) is 8.58. The highest BCUT2D eigenvalue weighted by Crippen LogP contribution is 2.20. The van der Waals surface area contributed by atoms with Crippen LogP contribution in [0.4, 0.5) is 5.82 Å². The Morgan fingerprint density at radius 1 is 0.964 bits per heavy atom. The SMILES string of the molecule is CCCCS(=O)(=O)Nc1c(Cc2ccccc2)c(=O)n(-c2ccccc2)n1C. The largest absolute Gasteiger partial charge is 0.277 e. The van der Waals surface area contributed by atoms with Crippen molar-refractivity contribution in [3.8, 4) is 5.69 Å².